The summed E-state index contributed by atoms with van der Waals surface area (Å²) in [5, 5.41) is 11.6. The van der Waals surface area contributed by atoms with Gasteiger partial charge in [0.15, 0.2) is 0 Å². The van der Waals surface area contributed by atoms with Gasteiger partial charge in [0.05, 0.1) is 25.4 Å². The van der Waals surface area contributed by atoms with Crippen LogP contribution in [0.1, 0.15) is 49.9 Å². The maximum atomic E-state index is 14.5. The van der Waals surface area contributed by atoms with Crippen molar-refractivity contribution in [3.8, 4) is 11.5 Å². The Kier molecular flexibility index (Phi) is 8.42. The first-order chi connectivity index (χ1) is 19.1. The van der Waals surface area contributed by atoms with E-state index in [1.54, 1.807) is 42.0 Å². The molecule has 0 aliphatic heterocycles. The smallest absolute Gasteiger partial charge is 0.249 e. The zero-order valence-electron chi connectivity index (χ0n) is 24.2. The maximum Gasteiger partial charge on any atom is 0.249 e. The van der Waals surface area contributed by atoms with E-state index in [0.29, 0.717) is 34.7 Å². The molecule has 1 aromatic heterocycles. The molecule has 0 spiro atoms. The first-order valence-electron chi connectivity index (χ1n) is 13.3. The average Bonchev–Trinajstić information content (AvgIpc) is 3.34. The summed E-state index contributed by atoms with van der Waals surface area (Å²) in [6.45, 7) is 9.66. The minimum atomic E-state index is -1.07. The van der Waals surface area contributed by atoms with Crippen molar-refractivity contribution >= 4 is 28.5 Å². The second kappa shape index (κ2) is 11.8. The predicted octanol–water partition coefficient (Wildman–Crippen LogP) is 5.14. The van der Waals surface area contributed by atoms with Gasteiger partial charge in [-0.3, -0.25) is 14.5 Å². The number of methoxy groups -OCH3 is 2. The Labute approximate surface area is 235 Å². The van der Waals surface area contributed by atoms with Gasteiger partial charge < -0.3 is 14.8 Å². The van der Waals surface area contributed by atoms with Crippen LogP contribution in [-0.4, -0.2) is 46.6 Å². The Hall–Kier alpha value is -4.40. The van der Waals surface area contributed by atoms with Gasteiger partial charge in [-0.25, -0.2) is 4.68 Å². The lowest BCUT2D eigenvalue weighted by molar-refractivity contribution is -0.128. The summed E-state index contributed by atoms with van der Waals surface area (Å²) >= 11 is 0. The molecule has 3 aromatic carbocycles. The van der Waals surface area contributed by atoms with Crippen molar-refractivity contribution in [2.45, 2.75) is 59.2 Å². The summed E-state index contributed by atoms with van der Waals surface area (Å²) in [6.07, 6.45) is 0.697. The lowest BCUT2D eigenvalue weighted by Crippen LogP contribution is -2.51. The van der Waals surface area contributed by atoms with E-state index in [2.05, 4.69) is 15.6 Å². The maximum absolute atomic E-state index is 14.5. The van der Waals surface area contributed by atoms with E-state index >= 15 is 0 Å². The number of para-hydroxylation sites is 2. The summed E-state index contributed by atoms with van der Waals surface area (Å²) < 4.78 is 12.8. The molecule has 0 saturated heterocycles. The van der Waals surface area contributed by atoms with Crippen LogP contribution in [0.2, 0.25) is 0 Å². The molecule has 0 fully saturated rings. The van der Waals surface area contributed by atoms with E-state index in [9.17, 15) is 9.59 Å². The van der Waals surface area contributed by atoms with E-state index in [-0.39, 0.29) is 18.4 Å². The molecule has 210 valence electrons. The number of nitrogens with one attached hydrogen (secondary N) is 1. The van der Waals surface area contributed by atoms with Crippen molar-refractivity contribution in [2.75, 3.05) is 19.1 Å². The van der Waals surface area contributed by atoms with Crippen molar-refractivity contribution < 1.29 is 19.1 Å². The minimum Gasteiger partial charge on any atom is -0.497 e. The highest BCUT2D eigenvalue weighted by Gasteiger charge is 2.38. The predicted molar refractivity (Wildman–Crippen MR) is 156 cm³/mol. The molecule has 4 aromatic rings. The van der Waals surface area contributed by atoms with E-state index in [1.165, 1.54) is 0 Å². The first kappa shape index (κ1) is 28.6. The molecule has 9 nitrogen and oxygen atoms in total. The van der Waals surface area contributed by atoms with Crippen LogP contribution < -0.4 is 19.7 Å². The Morgan fingerprint density at radius 2 is 1.70 bits per heavy atom. The van der Waals surface area contributed by atoms with Gasteiger partial charge in [0.25, 0.3) is 0 Å². The minimum absolute atomic E-state index is 0.123. The Morgan fingerprint density at radius 1 is 1.00 bits per heavy atom. The largest absolute Gasteiger partial charge is 0.497 e. The quantitative estimate of drug-likeness (QED) is 0.297. The Morgan fingerprint density at radius 3 is 2.35 bits per heavy atom. The molecule has 0 saturated carbocycles. The number of carbonyl (C=O) groups excluding carboxylic acids is 2. The number of amides is 2. The van der Waals surface area contributed by atoms with Crippen molar-refractivity contribution in [1.82, 2.24) is 20.3 Å². The lowest BCUT2D eigenvalue weighted by atomic mass is 9.96. The van der Waals surface area contributed by atoms with Gasteiger partial charge in [-0.2, -0.15) is 0 Å². The van der Waals surface area contributed by atoms with Crippen molar-refractivity contribution in [3.63, 3.8) is 0 Å². The molecule has 0 aliphatic carbocycles. The average molecular weight is 544 g/mol. The number of benzene rings is 3. The van der Waals surface area contributed by atoms with Crippen LogP contribution in [0, 0.1) is 13.8 Å². The highest BCUT2D eigenvalue weighted by Crippen LogP contribution is 2.39. The Bertz CT molecular complexity index is 1510. The number of aryl methyl sites for hydroxylation is 2. The van der Waals surface area contributed by atoms with Gasteiger partial charge in [0.1, 0.15) is 29.6 Å². The molecule has 2 amide bonds. The number of hydrogen-bond acceptors (Lipinski definition) is 6. The standard InChI is InChI=1S/C31H37N5O4/c1-8-31(4,5)32-30(38)29(23-18-22(39-6)16-17-26(23)40-7)36(28-20(2)12-11-13-21(28)3)27(37)19-35-25-15-10-9-14-24(25)33-34-35/h9-18,29H,8,19H2,1-7H3,(H,32,38). The molecular weight excluding hydrogens is 506 g/mol. The van der Waals surface area contributed by atoms with Crippen LogP contribution in [0.25, 0.3) is 11.0 Å². The van der Waals surface area contributed by atoms with Crippen LogP contribution in [0.4, 0.5) is 5.69 Å². The van der Waals surface area contributed by atoms with Crippen LogP contribution in [0.15, 0.2) is 60.7 Å². The van der Waals surface area contributed by atoms with Crippen LogP contribution in [-0.2, 0) is 16.1 Å². The molecule has 1 N–H and O–H groups in total. The molecule has 1 atom stereocenters. The van der Waals surface area contributed by atoms with Crippen molar-refractivity contribution in [3.05, 3.63) is 77.4 Å². The molecule has 1 heterocycles. The Balaban J connectivity index is 1.95. The lowest BCUT2D eigenvalue weighted by Gasteiger charge is -2.36. The fourth-order valence-electron chi connectivity index (χ4n) is 4.76. The zero-order chi connectivity index (χ0) is 29.0. The normalized spacial score (nSPS) is 12.2. The number of ether oxygens (including phenoxy) is 2. The third-order valence-corrected chi connectivity index (χ3v) is 7.24. The van der Waals surface area contributed by atoms with Crippen LogP contribution >= 0.6 is 0 Å². The van der Waals surface area contributed by atoms with E-state index in [4.69, 9.17) is 9.47 Å². The van der Waals surface area contributed by atoms with E-state index < -0.39 is 11.6 Å². The molecule has 4 rings (SSSR count). The van der Waals surface area contributed by atoms with Crippen molar-refractivity contribution in [1.29, 1.82) is 0 Å². The van der Waals surface area contributed by atoms with Gasteiger partial charge in [0.2, 0.25) is 11.8 Å². The fourth-order valence-corrected chi connectivity index (χ4v) is 4.76. The number of aromatic nitrogens is 3. The van der Waals surface area contributed by atoms with Gasteiger partial charge in [-0.15, -0.1) is 5.10 Å². The van der Waals surface area contributed by atoms with Crippen LogP contribution in [0.5, 0.6) is 11.5 Å². The molecule has 1 unspecified atom stereocenters. The second-order valence-electron chi connectivity index (χ2n) is 10.5. The topological polar surface area (TPSA) is 98.6 Å². The third-order valence-electron chi connectivity index (χ3n) is 7.24. The number of carbonyl (C=O) groups is 2. The van der Waals surface area contributed by atoms with E-state index in [0.717, 1.165) is 16.6 Å². The second-order valence-corrected chi connectivity index (χ2v) is 10.5. The summed E-state index contributed by atoms with van der Waals surface area (Å²) in [6, 6.07) is 17.4. The highest BCUT2D eigenvalue weighted by atomic mass is 16.5. The summed E-state index contributed by atoms with van der Waals surface area (Å²) in [7, 11) is 3.11. The van der Waals surface area contributed by atoms with Gasteiger partial charge in [-0.05, 0) is 75.6 Å². The van der Waals surface area contributed by atoms with Crippen molar-refractivity contribution in [2.24, 2.45) is 0 Å². The van der Waals surface area contributed by atoms with Gasteiger partial charge in [-0.1, -0.05) is 42.5 Å². The zero-order valence-corrected chi connectivity index (χ0v) is 24.2. The molecular formula is C31H37N5O4. The number of nitrogens with zero attached hydrogens (tertiary/aromatic N) is 4. The number of fused-ring (bicyclic) bond motifs is 1. The first-order valence-corrected chi connectivity index (χ1v) is 13.3. The number of hydrogen-bond donors (Lipinski definition) is 1. The summed E-state index contributed by atoms with van der Waals surface area (Å²) in [4.78, 5) is 30.3. The van der Waals surface area contributed by atoms with Gasteiger partial charge >= 0.3 is 0 Å². The highest BCUT2D eigenvalue weighted by molar-refractivity contribution is 6.03. The third kappa shape index (κ3) is 5.78. The summed E-state index contributed by atoms with van der Waals surface area (Å²) in [5.41, 5.74) is 3.75. The molecule has 0 bridgehead atoms. The summed E-state index contributed by atoms with van der Waals surface area (Å²) in [5.74, 6) is 0.343. The molecule has 0 radical (unpaired) electrons. The fraction of sp³-hybridized carbons (Fsp3) is 0.355. The SMILES string of the molecule is CCC(C)(C)NC(=O)C(c1cc(OC)ccc1OC)N(C(=O)Cn1nnc2ccccc21)c1c(C)cccc1C. The monoisotopic (exact) mass is 543 g/mol. The number of anilines is 1. The molecule has 9 heteroatoms. The van der Waals surface area contributed by atoms with Crippen LogP contribution in [0.3, 0.4) is 0 Å². The van der Waals surface area contributed by atoms with Gasteiger partial charge in [0, 0.05) is 11.1 Å². The number of rotatable bonds is 10. The van der Waals surface area contributed by atoms with E-state index in [1.807, 2.05) is 77.1 Å². The molecule has 40 heavy (non-hydrogen) atoms. The molecule has 0 aliphatic rings.